The number of anilines is 7. The third kappa shape index (κ3) is 6.31. The third-order valence-electron chi connectivity index (χ3n) is 17.7. The van der Waals surface area contributed by atoms with E-state index in [9.17, 15) is 0 Å². The topological polar surface area (TPSA) is 19.6 Å². The highest BCUT2D eigenvalue weighted by Gasteiger charge is 2.48. The standard InChI is InChI=1S/C72H52BN5/c1-5-19-47(20-6-1)49-33-37-53(38-34-49)77-67-45-65-59(55-27-13-15-31-63(55)75(65)51-23-9-3-10-24-51)43-61(67)73-62-44-60-56-28-14-16-32-64(56)76(52-25-11-4-12-26-52)66(60)46-68(62)78(54-39-35-50(36-40-54)48-21-7-2-8-22-48)72-58-30-18-42-74-41-17-29-57(70(58)74)71(77)69(72)73/h1-16,19-28,31-40,43-46H,17-18,29-30,41-42H2. The Balaban J connectivity index is 1.03. The van der Waals surface area contributed by atoms with Crippen molar-refractivity contribution in [3.8, 4) is 33.6 Å². The Kier molecular flexibility index (Phi) is 9.52. The molecule has 0 N–H and O–H groups in total. The zero-order valence-corrected chi connectivity index (χ0v) is 43.2. The minimum Gasteiger partial charge on any atom is -0.371 e. The van der Waals surface area contributed by atoms with Crippen molar-refractivity contribution in [2.75, 3.05) is 27.8 Å². The van der Waals surface area contributed by atoms with Crippen molar-refractivity contribution in [1.29, 1.82) is 0 Å². The van der Waals surface area contributed by atoms with Crippen molar-refractivity contribution in [3.63, 3.8) is 0 Å². The average molecular weight is 998 g/mol. The van der Waals surface area contributed by atoms with Crippen LogP contribution in [0.5, 0.6) is 0 Å². The molecule has 13 aromatic rings. The van der Waals surface area contributed by atoms with Crippen LogP contribution in [0.25, 0.3) is 77.2 Å². The van der Waals surface area contributed by atoms with Gasteiger partial charge in [0.05, 0.1) is 22.1 Å². The molecule has 0 fully saturated rings. The number of hydrogen-bond acceptors (Lipinski definition) is 3. The van der Waals surface area contributed by atoms with Crippen LogP contribution in [-0.4, -0.2) is 28.9 Å². The highest BCUT2D eigenvalue weighted by atomic mass is 15.2. The molecule has 0 atom stereocenters. The maximum Gasteiger partial charge on any atom is 0.252 e. The molecule has 0 radical (unpaired) electrons. The van der Waals surface area contributed by atoms with Gasteiger partial charge >= 0.3 is 0 Å². The van der Waals surface area contributed by atoms with Gasteiger partial charge in [-0.3, -0.25) is 0 Å². The summed E-state index contributed by atoms with van der Waals surface area (Å²) in [5, 5.41) is 5.06. The average Bonchev–Trinajstić information content (AvgIpc) is 4.15. The van der Waals surface area contributed by atoms with E-state index in [1.807, 2.05) is 0 Å². The molecule has 6 heteroatoms. The monoisotopic (exact) mass is 997 g/mol. The lowest BCUT2D eigenvalue weighted by Crippen LogP contribution is -2.62. The smallest absolute Gasteiger partial charge is 0.252 e. The molecule has 0 unspecified atom stereocenters. The molecule has 17 rings (SSSR count). The Morgan fingerprint density at radius 3 is 1.13 bits per heavy atom. The molecular weight excluding hydrogens is 946 g/mol. The highest BCUT2D eigenvalue weighted by molar-refractivity contribution is 7.00. The predicted molar refractivity (Wildman–Crippen MR) is 329 cm³/mol. The Labute approximate surface area is 454 Å². The summed E-state index contributed by atoms with van der Waals surface area (Å²) in [6.45, 7) is 2.06. The van der Waals surface area contributed by atoms with Crippen LogP contribution in [0.1, 0.15) is 24.0 Å². The van der Waals surface area contributed by atoms with E-state index in [1.165, 1.54) is 133 Å². The second kappa shape index (κ2) is 17.0. The molecule has 0 aliphatic carbocycles. The van der Waals surface area contributed by atoms with Crippen molar-refractivity contribution in [3.05, 3.63) is 254 Å². The number of benzene rings is 11. The van der Waals surface area contributed by atoms with Gasteiger partial charge in [-0.2, -0.15) is 0 Å². The van der Waals surface area contributed by atoms with Gasteiger partial charge in [-0.15, -0.1) is 0 Å². The van der Waals surface area contributed by atoms with Crippen molar-refractivity contribution in [2.24, 2.45) is 0 Å². The second-order valence-corrected chi connectivity index (χ2v) is 21.8. The summed E-state index contributed by atoms with van der Waals surface area (Å²) in [7, 11) is 0. The minimum atomic E-state index is -0.0787. The van der Waals surface area contributed by atoms with Gasteiger partial charge in [-0.1, -0.05) is 170 Å². The van der Waals surface area contributed by atoms with E-state index in [2.05, 4.69) is 266 Å². The first-order chi connectivity index (χ1) is 38.7. The first-order valence-electron chi connectivity index (χ1n) is 27.9. The van der Waals surface area contributed by atoms with E-state index in [0.29, 0.717) is 0 Å². The quantitative estimate of drug-likeness (QED) is 0.155. The van der Waals surface area contributed by atoms with Gasteiger partial charge in [0.1, 0.15) is 0 Å². The van der Waals surface area contributed by atoms with Crippen LogP contribution in [-0.2, 0) is 12.8 Å². The fourth-order valence-corrected chi connectivity index (χ4v) is 14.4. The number of rotatable bonds is 6. The maximum absolute atomic E-state index is 2.76. The van der Waals surface area contributed by atoms with Gasteiger partial charge in [-0.25, -0.2) is 0 Å². The van der Waals surface area contributed by atoms with E-state index in [-0.39, 0.29) is 6.71 Å². The summed E-state index contributed by atoms with van der Waals surface area (Å²) >= 11 is 0. The van der Waals surface area contributed by atoms with Crippen LogP contribution < -0.4 is 31.1 Å². The van der Waals surface area contributed by atoms with Crippen molar-refractivity contribution < 1.29 is 0 Å². The molecule has 0 spiro atoms. The predicted octanol–water partition coefficient (Wildman–Crippen LogP) is 16.0. The highest BCUT2D eigenvalue weighted by Crippen LogP contribution is 2.54. The first kappa shape index (κ1) is 43.7. The Morgan fingerprint density at radius 2 is 0.692 bits per heavy atom. The summed E-state index contributed by atoms with van der Waals surface area (Å²) in [5.74, 6) is 0. The van der Waals surface area contributed by atoms with E-state index in [4.69, 9.17) is 0 Å². The Bertz CT molecular complexity index is 4260. The summed E-state index contributed by atoms with van der Waals surface area (Å²) in [5.41, 5.74) is 28.1. The summed E-state index contributed by atoms with van der Waals surface area (Å²) in [6, 6.07) is 91.0. The molecule has 78 heavy (non-hydrogen) atoms. The van der Waals surface area contributed by atoms with Gasteiger partial charge in [0.25, 0.3) is 6.71 Å². The number of hydrogen-bond donors (Lipinski definition) is 0. The lowest BCUT2D eigenvalue weighted by Gasteiger charge is -2.49. The second-order valence-electron chi connectivity index (χ2n) is 21.8. The molecule has 11 aromatic carbocycles. The van der Waals surface area contributed by atoms with Crippen molar-refractivity contribution in [2.45, 2.75) is 25.7 Å². The lowest BCUT2D eigenvalue weighted by molar-refractivity contribution is 0.635. The van der Waals surface area contributed by atoms with Gasteiger partial charge < -0.3 is 23.8 Å². The van der Waals surface area contributed by atoms with Gasteiger partial charge in [0.15, 0.2) is 0 Å². The van der Waals surface area contributed by atoms with Crippen LogP contribution in [0.4, 0.5) is 39.8 Å². The van der Waals surface area contributed by atoms with Crippen LogP contribution in [0, 0.1) is 0 Å². The fraction of sp³-hybridized carbons (Fsp3) is 0.0833. The van der Waals surface area contributed by atoms with Crippen LogP contribution in [0.15, 0.2) is 243 Å². The van der Waals surface area contributed by atoms with Gasteiger partial charge in [0.2, 0.25) is 0 Å². The Morgan fingerprint density at radius 1 is 0.308 bits per heavy atom. The molecule has 6 heterocycles. The lowest BCUT2D eigenvalue weighted by atomic mass is 9.33. The zero-order chi connectivity index (χ0) is 51.0. The third-order valence-corrected chi connectivity index (χ3v) is 17.7. The van der Waals surface area contributed by atoms with E-state index in [0.717, 1.165) is 50.1 Å². The largest absolute Gasteiger partial charge is 0.371 e. The van der Waals surface area contributed by atoms with Gasteiger partial charge in [0, 0.05) is 85.8 Å². The van der Waals surface area contributed by atoms with E-state index in [1.54, 1.807) is 0 Å². The maximum atomic E-state index is 2.76. The molecule has 4 aliphatic rings. The normalized spacial score (nSPS) is 14.3. The molecule has 5 nitrogen and oxygen atoms in total. The number of nitrogens with zero attached hydrogens (tertiary/aromatic N) is 5. The molecule has 4 aliphatic heterocycles. The molecule has 0 saturated carbocycles. The van der Waals surface area contributed by atoms with Crippen molar-refractivity contribution >= 4 is 107 Å². The van der Waals surface area contributed by atoms with Crippen LogP contribution >= 0.6 is 0 Å². The molecule has 368 valence electrons. The van der Waals surface area contributed by atoms with Crippen molar-refractivity contribution in [1.82, 2.24) is 9.13 Å². The molecule has 2 aromatic heterocycles. The van der Waals surface area contributed by atoms with Crippen LogP contribution in [0.2, 0.25) is 0 Å². The Hall–Kier alpha value is -9.52. The SMILES string of the molecule is c1ccc(-c2ccc(N3c4cc5c(cc4B4c6cc7c8ccccc8n(-c8ccccc8)c7cc6N(c6ccc(-c7ccccc7)cc6)c6c7c8c(c3c64)CCCN8CCC7)c3ccccc3n5-c3ccccc3)cc2)cc1. The molecule has 0 amide bonds. The molecule has 0 bridgehead atoms. The fourth-order valence-electron chi connectivity index (χ4n) is 14.4. The summed E-state index contributed by atoms with van der Waals surface area (Å²) < 4.78 is 5.00. The van der Waals surface area contributed by atoms with E-state index < -0.39 is 0 Å². The molecule has 0 saturated heterocycles. The number of para-hydroxylation sites is 4. The number of aromatic nitrogens is 2. The van der Waals surface area contributed by atoms with Crippen LogP contribution in [0.3, 0.4) is 0 Å². The molecular formula is C72H52BN5. The number of fused-ring (bicyclic) bond motifs is 12. The first-order valence-corrected chi connectivity index (χ1v) is 27.9. The summed E-state index contributed by atoms with van der Waals surface area (Å²) in [4.78, 5) is 8.18. The minimum absolute atomic E-state index is 0.0787. The van der Waals surface area contributed by atoms with E-state index >= 15 is 0 Å². The summed E-state index contributed by atoms with van der Waals surface area (Å²) in [6.07, 6.45) is 4.30. The zero-order valence-electron chi connectivity index (χ0n) is 43.2. The van der Waals surface area contributed by atoms with Gasteiger partial charge in [-0.05, 0) is 148 Å².